The van der Waals surface area contributed by atoms with Crippen molar-refractivity contribution in [1.29, 1.82) is 0 Å². The average Bonchev–Trinajstić information content (AvgIpc) is 3.86. The number of nitrogens with zero attached hydrogens (tertiary/aromatic N) is 2. The Labute approximate surface area is 298 Å². The van der Waals surface area contributed by atoms with Gasteiger partial charge in [-0.2, -0.15) is 0 Å². The van der Waals surface area contributed by atoms with Crippen LogP contribution in [-0.2, 0) is 5.41 Å². The van der Waals surface area contributed by atoms with Crippen molar-refractivity contribution in [3.8, 4) is 5.69 Å². The molecule has 2 heteroatoms. The van der Waals surface area contributed by atoms with Crippen LogP contribution in [0.5, 0.6) is 0 Å². The SMILES string of the molecule is CC1CC2CC(C1)CC(C)(c1ccc(N(c3ccc(C4CC5CCC4C5)cc3)c3ccc4c5ccccc5n(-c5ccccc5)c4c3)cc1)C2. The van der Waals surface area contributed by atoms with E-state index in [2.05, 4.69) is 145 Å². The highest BCUT2D eigenvalue weighted by Crippen LogP contribution is 2.54. The molecule has 252 valence electrons. The van der Waals surface area contributed by atoms with Gasteiger partial charge >= 0.3 is 0 Å². The van der Waals surface area contributed by atoms with E-state index in [9.17, 15) is 0 Å². The zero-order valence-corrected chi connectivity index (χ0v) is 29.8. The topological polar surface area (TPSA) is 8.17 Å². The van der Waals surface area contributed by atoms with Crippen LogP contribution in [0.3, 0.4) is 0 Å². The van der Waals surface area contributed by atoms with E-state index in [1.807, 2.05) is 0 Å². The summed E-state index contributed by atoms with van der Waals surface area (Å²) in [4.78, 5) is 2.50. The molecule has 4 fully saturated rings. The lowest BCUT2D eigenvalue weighted by Gasteiger charge is -2.47. The smallest absolute Gasteiger partial charge is 0.0561 e. The second-order valence-electron chi connectivity index (χ2n) is 17.2. The quantitative estimate of drug-likeness (QED) is 0.173. The summed E-state index contributed by atoms with van der Waals surface area (Å²) in [5.41, 5.74) is 10.7. The maximum atomic E-state index is 2.56. The molecule has 4 saturated carbocycles. The summed E-state index contributed by atoms with van der Waals surface area (Å²) in [7, 11) is 0. The number of rotatable bonds is 6. The fourth-order valence-electron chi connectivity index (χ4n) is 11.8. The zero-order chi connectivity index (χ0) is 33.4. The molecule has 0 N–H and O–H groups in total. The van der Waals surface area contributed by atoms with Gasteiger partial charge in [-0.3, -0.25) is 0 Å². The van der Waals surface area contributed by atoms with Gasteiger partial charge in [-0.15, -0.1) is 0 Å². The summed E-state index contributed by atoms with van der Waals surface area (Å²) in [6, 6.07) is 46.3. The molecule has 0 saturated heterocycles. The van der Waals surface area contributed by atoms with Gasteiger partial charge in [0.1, 0.15) is 0 Å². The summed E-state index contributed by atoms with van der Waals surface area (Å²) in [6.45, 7) is 5.03. The van der Waals surface area contributed by atoms with Gasteiger partial charge in [0.25, 0.3) is 0 Å². The predicted octanol–water partition coefficient (Wildman–Crippen LogP) is 13.3. The van der Waals surface area contributed by atoms with E-state index in [1.165, 1.54) is 108 Å². The van der Waals surface area contributed by atoms with Gasteiger partial charge in [0.15, 0.2) is 0 Å². The minimum atomic E-state index is 0.273. The number of aromatic nitrogens is 1. The van der Waals surface area contributed by atoms with Crippen molar-refractivity contribution in [2.75, 3.05) is 4.90 Å². The van der Waals surface area contributed by atoms with E-state index in [4.69, 9.17) is 0 Å². The fraction of sp³-hybridized carbons (Fsp3) is 0.375. The molecule has 5 atom stereocenters. The van der Waals surface area contributed by atoms with E-state index in [-0.39, 0.29) is 5.41 Å². The molecule has 4 aliphatic carbocycles. The number of hydrogen-bond donors (Lipinski definition) is 0. The lowest BCUT2D eigenvalue weighted by Crippen LogP contribution is -2.38. The lowest BCUT2D eigenvalue weighted by molar-refractivity contribution is 0.0899. The molecule has 0 aliphatic heterocycles. The first-order chi connectivity index (χ1) is 24.5. The van der Waals surface area contributed by atoms with Crippen molar-refractivity contribution in [2.45, 2.75) is 83.0 Å². The third kappa shape index (κ3) is 5.12. The first kappa shape index (κ1) is 30.5. The van der Waals surface area contributed by atoms with Crippen LogP contribution in [0.4, 0.5) is 17.1 Å². The molecule has 50 heavy (non-hydrogen) atoms. The van der Waals surface area contributed by atoms with Gasteiger partial charge < -0.3 is 9.47 Å². The van der Waals surface area contributed by atoms with Crippen molar-refractivity contribution in [3.05, 3.63) is 132 Å². The van der Waals surface area contributed by atoms with Gasteiger partial charge in [-0.25, -0.2) is 0 Å². The number of hydrogen-bond acceptors (Lipinski definition) is 1. The molecule has 0 spiro atoms. The Morgan fingerprint density at radius 3 is 1.94 bits per heavy atom. The summed E-state index contributed by atoms with van der Waals surface area (Å²) in [5.74, 6) is 5.25. The zero-order valence-electron chi connectivity index (χ0n) is 29.8. The normalized spacial score (nSPS) is 28.8. The predicted molar refractivity (Wildman–Crippen MR) is 210 cm³/mol. The van der Waals surface area contributed by atoms with Crippen LogP contribution in [0, 0.1) is 29.6 Å². The van der Waals surface area contributed by atoms with Crippen molar-refractivity contribution in [3.63, 3.8) is 0 Å². The molecule has 2 nitrogen and oxygen atoms in total. The van der Waals surface area contributed by atoms with E-state index >= 15 is 0 Å². The summed E-state index contributed by atoms with van der Waals surface area (Å²) >= 11 is 0. The number of fused-ring (bicyclic) bond motifs is 7. The Balaban J connectivity index is 1.07. The third-order valence-electron chi connectivity index (χ3n) is 13.7. The first-order valence-electron chi connectivity index (χ1n) is 19.6. The van der Waals surface area contributed by atoms with Crippen molar-refractivity contribution in [2.24, 2.45) is 29.6 Å². The molecule has 1 aromatic heterocycles. The van der Waals surface area contributed by atoms with Crippen LogP contribution in [0.1, 0.15) is 88.7 Å². The van der Waals surface area contributed by atoms with Crippen LogP contribution in [0.15, 0.2) is 121 Å². The Kier molecular flexibility index (Phi) is 7.26. The molecule has 6 aromatic rings. The lowest BCUT2D eigenvalue weighted by atomic mass is 9.57. The standard InChI is InChI=1S/C48H50N2/c1-32-24-34-26-35(25-32)31-48(2,30-34)38-16-20-41(21-17-38)49(40-18-14-36(15-19-40)45-28-33-12-13-37(45)27-33)42-22-23-44-43-10-6-7-11-46(43)50(47(44)29-42)39-8-4-3-5-9-39/h3-11,14-23,29,32-35,37,45H,12-13,24-28,30-31H2,1-2H3. The van der Waals surface area contributed by atoms with Crippen LogP contribution in [-0.4, -0.2) is 4.57 Å². The summed E-state index contributed by atoms with van der Waals surface area (Å²) in [6.07, 6.45) is 12.7. The minimum absolute atomic E-state index is 0.273. The van der Waals surface area contributed by atoms with Crippen LogP contribution in [0.25, 0.3) is 27.5 Å². The molecule has 4 bridgehead atoms. The molecule has 5 unspecified atom stereocenters. The molecular formula is C48H50N2. The van der Waals surface area contributed by atoms with Gasteiger partial charge in [-0.05, 0) is 158 Å². The van der Waals surface area contributed by atoms with Gasteiger partial charge in [-0.1, -0.05) is 87.0 Å². The van der Waals surface area contributed by atoms with Gasteiger partial charge in [0.05, 0.1) is 11.0 Å². The first-order valence-corrected chi connectivity index (χ1v) is 19.6. The Bertz CT molecular complexity index is 2140. The van der Waals surface area contributed by atoms with E-state index < -0.39 is 0 Å². The van der Waals surface area contributed by atoms with Crippen molar-refractivity contribution in [1.82, 2.24) is 4.57 Å². The maximum Gasteiger partial charge on any atom is 0.0561 e. The summed E-state index contributed by atoms with van der Waals surface area (Å²) in [5, 5.41) is 2.59. The fourth-order valence-corrected chi connectivity index (χ4v) is 11.8. The van der Waals surface area contributed by atoms with Gasteiger partial charge in [0, 0.05) is 33.5 Å². The number of benzene rings is 5. The molecule has 4 aliphatic rings. The Morgan fingerprint density at radius 1 is 0.580 bits per heavy atom. The molecular weight excluding hydrogens is 605 g/mol. The largest absolute Gasteiger partial charge is 0.310 e. The molecule has 10 rings (SSSR count). The molecule has 0 amide bonds. The van der Waals surface area contributed by atoms with Gasteiger partial charge in [0.2, 0.25) is 0 Å². The van der Waals surface area contributed by atoms with Crippen LogP contribution in [0.2, 0.25) is 0 Å². The van der Waals surface area contributed by atoms with Crippen molar-refractivity contribution >= 4 is 38.9 Å². The highest BCUT2D eigenvalue weighted by atomic mass is 15.1. The monoisotopic (exact) mass is 654 g/mol. The van der Waals surface area contributed by atoms with Crippen LogP contribution < -0.4 is 4.90 Å². The second-order valence-corrected chi connectivity index (χ2v) is 17.2. The van der Waals surface area contributed by atoms with Crippen molar-refractivity contribution < 1.29 is 0 Å². The van der Waals surface area contributed by atoms with E-state index in [0.717, 1.165) is 35.5 Å². The average molecular weight is 655 g/mol. The molecule has 5 aromatic carbocycles. The Hall–Kier alpha value is -4.30. The van der Waals surface area contributed by atoms with E-state index in [1.54, 1.807) is 5.56 Å². The second kappa shape index (κ2) is 11.9. The number of anilines is 3. The summed E-state index contributed by atoms with van der Waals surface area (Å²) < 4.78 is 2.44. The molecule has 1 heterocycles. The van der Waals surface area contributed by atoms with Crippen LogP contribution >= 0.6 is 0 Å². The highest BCUT2D eigenvalue weighted by Gasteiger charge is 2.42. The third-order valence-corrected chi connectivity index (χ3v) is 13.7. The minimum Gasteiger partial charge on any atom is -0.310 e. The highest BCUT2D eigenvalue weighted by molar-refractivity contribution is 6.10. The Morgan fingerprint density at radius 2 is 1.24 bits per heavy atom. The molecule has 0 radical (unpaired) electrons. The van der Waals surface area contributed by atoms with E-state index in [0.29, 0.717) is 0 Å². The number of para-hydroxylation sites is 2. The maximum absolute atomic E-state index is 2.56.